The van der Waals surface area contributed by atoms with Crippen LogP contribution in [0.4, 0.5) is 0 Å². The van der Waals surface area contributed by atoms with E-state index in [0.717, 1.165) is 16.7 Å². The number of aliphatic hydroxyl groups excluding tert-OH is 3. The molecule has 1 aliphatic rings. The van der Waals surface area contributed by atoms with Crippen molar-refractivity contribution in [3.05, 3.63) is 58.7 Å². The van der Waals surface area contributed by atoms with Gasteiger partial charge in [0.25, 0.3) is 0 Å². The summed E-state index contributed by atoms with van der Waals surface area (Å²) < 4.78 is 5.43. The number of allylic oxidation sites excluding steroid dienone is 9. The summed E-state index contributed by atoms with van der Waals surface area (Å²) in [4.78, 5) is 37.4. The summed E-state index contributed by atoms with van der Waals surface area (Å²) in [5.74, 6) is -1.60. The number of Topliss-reactive ketones (excluding diaryl/α,β-unsaturated/α-hetero) is 1. The maximum atomic E-state index is 13.0. The first-order valence-corrected chi connectivity index (χ1v) is 12.1. The molecule has 0 radical (unpaired) electrons. The van der Waals surface area contributed by atoms with Crippen LogP contribution in [0.5, 0.6) is 0 Å². The van der Waals surface area contributed by atoms with Crippen LogP contribution in [0.15, 0.2) is 58.7 Å². The van der Waals surface area contributed by atoms with E-state index in [1.807, 2.05) is 71.1 Å². The molecule has 1 aliphatic carbocycles. The van der Waals surface area contributed by atoms with E-state index in [4.69, 9.17) is 4.74 Å². The second kappa shape index (κ2) is 14.1. The average Bonchev–Trinajstić information content (AvgIpc) is 2.84. The van der Waals surface area contributed by atoms with E-state index in [1.54, 1.807) is 6.92 Å². The number of ether oxygens (including phenoxy) is 1. The molecular formula is C28H41NO7. The maximum absolute atomic E-state index is 13.0. The van der Waals surface area contributed by atoms with Gasteiger partial charge in [-0.25, -0.2) is 0 Å². The van der Waals surface area contributed by atoms with Gasteiger partial charge in [0.1, 0.15) is 5.54 Å². The number of esters is 1. The Bertz CT molecular complexity index is 954. The van der Waals surface area contributed by atoms with Gasteiger partial charge in [0, 0.05) is 12.8 Å². The summed E-state index contributed by atoms with van der Waals surface area (Å²) in [6, 6.07) is 0. The molecule has 200 valence electrons. The number of aliphatic hydroxyl groups is 3. The van der Waals surface area contributed by atoms with Crippen LogP contribution in [0, 0.1) is 5.41 Å². The van der Waals surface area contributed by atoms with Gasteiger partial charge in [0.15, 0.2) is 11.9 Å². The highest BCUT2D eigenvalue weighted by molar-refractivity contribution is 6.01. The van der Waals surface area contributed by atoms with Gasteiger partial charge in [-0.3, -0.25) is 14.4 Å². The summed E-state index contributed by atoms with van der Waals surface area (Å²) in [5.41, 5.74) is 1.62. The molecule has 0 saturated heterocycles. The van der Waals surface area contributed by atoms with Crippen LogP contribution < -0.4 is 5.32 Å². The lowest BCUT2D eigenvalue weighted by atomic mass is 9.71. The molecule has 0 bridgehead atoms. The van der Waals surface area contributed by atoms with Gasteiger partial charge < -0.3 is 25.4 Å². The average molecular weight is 504 g/mol. The molecule has 1 rings (SSSR count). The Morgan fingerprint density at radius 3 is 2.25 bits per heavy atom. The molecule has 4 N–H and O–H groups in total. The van der Waals surface area contributed by atoms with E-state index in [2.05, 4.69) is 5.32 Å². The van der Waals surface area contributed by atoms with Gasteiger partial charge >= 0.3 is 5.97 Å². The topological polar surface area (TPSA) is 133 Å². The molecule has 36 heavy (non-hydrogen) atoms. The van der Waals surface area contributed by atoms with Crippen LogP contribution in [-0.4, -0.2) is 64.4 Å². The van der Waals surface area contributed by atoms with Crippen molar-refractivity contribution in [3.8, 4) is 0 Å². The predicted octanol–water partition coefficient (Wildman–Crippen LogP) is 2.85. The number of ketones is 1. The molecule has 0 heterocycles. The zero-order valence-electron chi connectivity index (χ0n) is 22.3. The van der Waals surface area contributed by atoms with Crippen LogP contribution in [0.1, 0.15) is 60.8 Å². The largest absolute Gasteiger partial charge is 0.454 e. The summed E-state index contributed by atoms with van der Waals surface area (Å²) in [5, 5.41) is 30.2. The van der Waals surface area contributed by atoms with Crippen molar-refractivity contribution >= 4 is 17.7 Å². The minimum absolute atomic E-state index is 0.267. The molecule has 8 heteroatoms. The number of nitrogens with one attached hydrogen (secondary N) is 1. The van der Waals surface area contributed by atoms with Gasteiger partial charge in [-0.15, -0.1) is 0 Å². The van der Waals surface area contributed by atoms with Crippen molar-refractivity contribution in [3.63, 3.8) is 0 Å². The molecule has 1 amide bonds. The minimum Gasteiger partial charge on any atom is -0.454 e. The monoisotopic (exact) mass is 503 g/mol. The third-order valence-corrected chi connectivity index (χ3v) is 6.32. The molecule has 0 aromatic heterocycles. The van der Waals surface area contributed by atoms with Crippen molar-refractivity contribution in [1.82, 2.24) is 5.32 Å². The molecule has 0 spiro atoms. The van der Waals surface area contributed by atoms with Gasteiger partial charge in [0.05, 0.1) is 26.2 Å². The van der Waals surface area contributed by atoms with E-state index >= 15 is 0 Å². The van der Waals surface area contributed by atoms with E-state index in [0.29, 0.717) is 12.0 Å². The Morgan fingerprint density at radius 2 is 1.69 bits per heavy atom. The third kappa shape index (κ3) is 9.00. The Morgan fingerprint density at radius 1 is 1.08 bits per heavy atom. The normalized spacial score (nSPS) is 19.4. The molecular weight excluding hydrogens is 462 g/mol. The predicted molar refractivity (Wildman–Crippen MR) is 139 cm³/mol. The number of hydrogen-bond acceptors (Lipinski definition) is 7. The fourth-order valence-electron chi connectivity index (χ4n) is 3.77. The Hall–Kier alpha value is -2.81. The van der Waals surface area contributed by atoms with Gasteiger partial charge in [-0.2, -0.15) is 0 Å². The fourth-order valence-corrected chi connectivity index (χ4v) is 3.77. The smallest absolute Gasteiger partial charge is 0.307 e. The van der Waals surface area contributed by atoms with Crippen LogP contribution in [0.2, 0.25) is 0 Å². The zero-order chi connectivity index (χ0) is 27.5. The maximum Gasteiger partial charge on any atom is 0.307 e. The molecule has 0 aromatic carbocycles. The molecule has 0 saturated carbocycles. The van der Waals surface area contributed by atoms with Crippen LogP contribution in [0.3, 0.4) is 0 Å². The van der Waals surface area contributed by atoms with Crippen molar-refractivity contribution in [2.45, 2.75) is 72.4 Å². The van der Waals surface area contributed by atoms with Crippen molar-refractivity contribution in [2.24, 2.45) is 5.41 Å². The highest BCUT2D eigenvalue weighted by atomic mass is 16.5. The highest BCUT2D eigenvalue weighted by Gasteiger charge is 2.40. The summed E-state index contributed by atoms with van der Waals surface area (Å²) in [6.45, 7) is 9.70. The van der Waals surface area contributed by atoms with Crippen LogP contribution in [0.25, 0.3) is 0 Å². The molecule has 0 aromatic rings. The van der Waals surface area contributed by atoms with E-state index < -0.39 is 48.8 Å². The molecule has 8 nitrogen and oxygen atoms in total. The number of rotatable bonds is 12. The quantitative estimate of drug-likeness (QED) is 0.238. The Labute approximate surface area is 214 Å². The number of carbonyl (C=O) groups is 3. The zero-order valence-corrected chi connectivity index (χ0v) is 22.3. The van der Waals surface area contributed by atoms with Crippen LogP contribution in [-0.2, 0) is 19.1 Å². The SMILES string of the molecule is CC=C(C)C=CC=C(C)C=CC1=C(C)C(=O)C(OC(=O)CCC(=O)NC(CO)(CO)CO)CC1(C)C. The minimum atomic E-state index is -1.56. The van der Waals surface area contributed by atoms with E-state index in [-0.39, 0.29) is 18.6 Å². The molecule has 1 unspecified atom stereocenters. The number of hydrogen-bond donors (Lipinski definition) is 4. The van der Waals surface area contributed by atoms with Gasteiger partial charge in [0.2, 0.25) is 5.91 Å². The lowest BCUT2D eigenvalue weighted by molar-refractivity contribution is -0.156. The van der Waals surface area contributed by atoms with E-state index in [9.17, 15) is 29.7 Å². The lowest BCUT2D eigenvalue weighted by Gasteiger charge is -2.36. The summed E-state index contributed by atoms with van der Waals surface area (Å²) >= 11 is 0. The van der Waals surface area contributed by atoms with E-state index in [1.165, 1.54) is 0 Å². The van der Waals surface area contributed by atoms with Crippen LogP contribution >= 0.6 is 0 Å². The molecule has 1 atom stereocenters. The number of carbonyl (C=O) groups excluding carboxylic acids is 3. The highest BCUT2D eigenvalue weighted by Crippen LogP contribution is 2.40. The fraction of sp³-hybridized carbons (Fsp3) is 0.536. The van der Waals surface area contributed by atoms with Gasteiger partial charge in [-0.1, -0.05) is 61.4 Å². The first-order valence-electron chi connectivity index (χ1n) is 12.1. The van der Waals surface area contributed by atoms with Crippen molar-refractivity contribution < 1.29 is 34.4 Å². The first-order chi connectivity index (χ1) is 16.8. The first kappa shape index (κ1) is 31.2. The third-order valence-electron chi connectivity index (χ3n) is 6.32. The standard InChI is InChI=1S/C28H41NO7/c1-7-19(2)9-8-10-20(3)11-12-22-21(4)26(35)23(15-27(22,5)6)36-25(34)14-13-24(33)29-28(16-30,17-31)18-32/h7-12,23,30-32H,13-18H2,1-6H3,(H,29,33). The number of amides is 1. The second-order valence-corrected chi connectivity index (χ2v) is 9.91. The molecule has 0 fully saturated rings. The summed E-state index contributed by atoms with van der Waals surface area (Å²) in [6.07, 6.45) is 10.7. The van der Waals surface area contributed by atoms with Crippen molar-refractivity contribution in [2.75, 3.05) is 19.8 Å². The van der Waals surface area contributed by atoms with Gasteiger partial charge in [-0.05, 0) is 44.3 Å². The second-order valence-electron chi connectivity index (χ2n) is 9.91. The molecule has 0 aliphatic heterocycles. The lowest BCUT2D eigenvalue weighted by Crippen LogP contribution is -2.57. The van der Waals surface area contributed by atoms with Crippen molar-refractivity contribution in [1.29, 1.82) is 0 Å². The summed E-state index contributed by atoms with van der Waals surface area (Å²) in [7, 11) is 0. The Kier molecular flexibility index (Phi) is 12.2. The Balaban J connectivity index is 2.85.